The third kappa shape index (κ3) is 2.58. The van der Waals surface area contributed by atoms with Gasteiger partial charge in [-0.15, -0.1) is 0 Å². The van der Waals surface area contributed by atoms with Crippen molar-refractivity contribution in [2.24, 2.45) is 0 Å². The van der Waals surface area contributed by atoms with Crippen LogP contribution in [0.4, 0.5) is 5.69 Å². The number of nitrogens with one attached hydrogen (secondary N) is 1. The van der Waals surface area contributed by atoms with Crippen molar-refractivity contribution in [1.29, 1.82) is 0 Å². The van der Waals surface area contributed by atoms with Gasteiger partial charge < -0.3 is 15.3 Å². The molecular weight excluding hydrogens is 296 g/mol. The first-order valence-corrected chi connectivity index (χ1v) is 6.86. The molecule has 1 amide bonds. The molecule has 1 aromatic rings. The fourth-order valence-corrected chi connectivity index (χ4v) is 2.71. The molecule has 0 saturated carbocycles. The van der Waals surface area contributed by atoms with Gasteiger partial charge in [-0.05, 0) is 41.4 Å². The summed E-state index contributed by atoms with van der Waals surface area (Å²) in [5.74, 6) is 0.0229. The normalized spacial score (nSPS) is 24.4. The molecule has 0 bridgehead atoms. The minimum Gasteiger partial charge on any atom is -0.396 e. The zero-order valence-corrected chi connectivity index (χ0v) is 11.9. The predicted molar refractivity (Wildman–Crippen MR) is 74.6 cm³/mol. The molecule has 0 aromatic heterocycles. The van der Waals surface area contributed by atoms with Crippen molar-refractivity contribution in [2.75, 3.05) is 18.1 Å². The van der Waals surface area contributed by atoms with E-state index in [-0.39, 0.29) is 24.6 Å². The zero-order valence-electron chi connectivity index (χ0n) is 10.3. The van der Waals surface area contributed by atoms with Crippen LogP contribution in [0.25, 0.3) is 0 Å². The molecule has 1 fully saturated rings. The summed E-state index contributed by atoms with van der Waals surface area (Å²) in [6, 6.07) is 7.52. The van der Waals surface area contributed by atoms with Gasteiger partial charge in [0.1, 0.15) is 0 Å². The minimum absolute atomic E-state index is 0.0155. The maximum atomic E-state index is 12.4. The summed E-state index contributed by atoms with van der Waals surface area (Å²) in [7, 11) is 0. The number of para-hydroxylation sites is 1. The van der Waals surface area contributed by atoms with Gasteiger partial charge in [-0.1, -0.05) is 12.1 Å². The van der Waals surface area contributed by atoms with Crippen LogP contribution < -0.4 is 10.2 Å². The van der Waals surface area contributed by atoms with Gasteiger partial charge in [-0.2, -0.15) is 0 Å². The Labute approximate surface area is 115 Å². The molecule has 98 valence electrons. The molecule has 1 aliphatic heterocycles. The van der Waals surface area contributed by atoms with E-state index in [1.165, 1.54) is 0 Å². The fourth-order valence-electron chi connectivity index (χ4n) is 2.23. The number of nitrogens with zero attached hydrogens (tertiary/aromatic N) is 1. The second-order valence-electron chi connectivity index (χ2n) is 4.48. The molecule has 0 spiro atoms. The molecule has 2 unspecified atom stereocenters. The van der Waals surface area contributed by atoms with Crippen molar-refractivity contribution in [2.45, 2.75) is 25.4 Å². The van der Waals surface area contributed by atoms with E-state index in [1.54, 1.807) is 4.90 Å². The van der Waals surface area contributed by atoms with E-state index in [4.69, 9.17) is 5.11 Å². The van der Waals surface area contributed by atoms with Crippen LogP contribution in [-0.2, 0) is 4.79 Å². The second-order valence-corrected chi connectivity index (χ2v) is 5.34. The number of carbonyl (C=O) groups excluding carboxylic acids is 1. The van der Waals surface area contributed by atoms with Gasteiger partial charge in [0.25, 0.3) is 0 Å². The number of anilines is 1. The minimum atomic E-state index is -0.293. The Morgan fingerprint density at radius 2 is 2.22 bits per heavy atom. The first kappa shape index (κ1) is 13.5. The average Bonchev–Trinajstić information content (AvgIpc) is 2.35. The number of hydrogen-bond acceptors (Lipinski definition) is 3. The summed E-state index contributed by atoms with van der Waals surface area (Å²) in [6.45, 7) is 2.76. The lowest BCUT2D eigenvalue weighted by Gasteiger charge is -2.38. The van der Waals surface area contributed by atoms with Gasteiger partial charge in [0.15, 0.2) is 0 Å². The Balaban J connectivity index is 2.29. The number of benzene rings is 1. The largest absolute Gasteiger partial charge is 0.396 e. The van der Waals surface area contributed by atoms with E-state index in [2.05, 4.69) is 21.2 Å². The van der Waals surface area contributed by atoms with E-state index < -0.39 is 0 Å². The number of halogens is 1. The number of rotatable bonds is 3. The summed E-state index contributed by atoms with van der Waals surface area (Å²) in [6.07, 6.45) is 0.451. The van der Waals surface area contributed by atoms with Gasteiger partial charge in [0.2, 0.25) is 5.91 Å². The number of piperazine rings is 1. The average molecular weight is 313 g/mol. The third-order valence-electron chi connectivity index (χ3n) is 3.17. The van der Waals surface area contributed by atoms with Crippen molar-refractivity contribution >= 4 is 27.5 Å². The Hall–Kier alpha value is -0.910. The van der Waals surface area contributed by atoms with Gasteiger partial charge in [0.05, 0.1) is 11.7 Å². The van der Waals surface area contributed by atoms with Crippen LogP contribution in [0.2, 0.25) is 0 Å². The van der Waals surface area contributed by atoms with Crippen molar-refractivity contribution in [3.8, 4) is 0 Å². The van der Waals surface area contributed by atoms with Gasteiger partial charge in [0, 0.05) is 23.7 Å². The maximum Gasteiger partial charge on any atom is 0.244 e. The summed E-state index contributed by atoms with van der Waals surface area (Å²) < 4.78 is 0.912. The smallest absolute Gasteiger partial charge is 0.244 e. The highest BCUT2D eigenvalue weighted by Crippen LogP contribution is 2.29. The quantitative estimate of drug-likeness (QED) is 0.890. The van der Waals surface area contributed by atoms with Crippen LogP contribution in [0.1, 0.15) is 13.3 Å². The first-order valence-electron chi connectivity index (χ1n) is 6.07. The molecule has 0 radical (unpaired) electrons. The molecule has 1 aliphatic rings. The Kier molecular flexibility index (Phi) is 4.37. The fraction of sp³-hybridized carbons (Fsp3) is 0.462. The number of hydrogen-bond donors (Lipinski definition) is 2. The molecule has 18 heavy (non-hydrogen) atoms. The zero-order chi connectivity index (χ0) is 13.1. The van der Waals surface area contributed by atoms with Crippen LogP contribution >= 0.6 is 15.9 Å². The van der Waals surface area contributed by atoms with Crippen LogP contribution in [0.15, 0.2) is 28.7 Å². The van der Waals surface area contributed by atoms with Crippen LogP contribution in [0, 0.1) is 0 Å². The molecule has 1 aromatic carbocycles. The Morgan fingerprint density at radius 1 is 1.50 bits per heavy atom. The summed E-state index contributed by atoms with van der Waals surface area (Å²) in [5, 5.41) is 12.2. The molecule has 0 aliphatic carbocycles. The van der Waals surface area contributed by atoms with E-state index >= 15 is 0 Å². The van der Waals surface area contributed by atoms with E-state index in [0.29, 0.717) is 6.42 Å². The van der Waals surface area contributed by atoms with E-state index in [9.17, 15) is 4.79 Å². The molecule has 1 heterocycles. The monoisotopic (exact) mass is 312 g/mol. The Bertz CT molecular complexity index is 439. The summed E-state index contributed by atoms with van der Waals surface area (Å²) in [5.41, 5.74) is 0.888. The topological polar surface area (TPSA) is 52.6 Å². The highest BCUT2D eigenvalue weighted by Gasteiger charge is 2.33. The molecule has 2 rings (SSSR count). The molecule has 1 saturated heterocycles. The molecule has 2 N–H and O–H groups in total. The lowest BCUT2D eigenvalue weighted by Crippen LogP contribution is -2.59. The lowest BCUT2D eigenvalue weighted by molar-refractivity contribution is -0.122. The number of aliphatic hydroxyl groups excluding tert-OH is 1. The van der Waals surface area contributed by atoms with Gasteiger partial charge in [-0.3, -0.25) is 4.79 Å². The van der Waals surface area contributed by atoms with Crippen molar-refractivity contribution in [1.82, 2.24) is 5.32 Å². The van der Waals surface area contributed by atoms with Crippen LogP contribution in [0.5, 0.6) is 0 Å². The van der Waals surface area contributed by atoms with E-state index in [0.717, 1.165) is 16.7 Å². The predicted octanol–water partition coefficient (Wildman–Crippen LogP) is 1.52. The van der Waals surface area contributed by atoms with E-state index in [1.807, 2.05) is 31.2 Å². The second kappa shape index (κ2) is 5.82. The third-order valence-corrected chi connectivity index (χ3v) is 3.84. The number of amides is 1. The summed E-state index contributed by atoms with van der Waals surface area (Å²) in [4.78, 5) is 14.2. The molecule has 4 nitrogen and oxygen atoms in total. The highest BCUT2D eigenvalue weighted by molar-refractivity contribution is 9.10. The summed E-state index contributed by atoms with van der Waals surface area (Å²) >= 11 is 3.48. The van der Waals surface area contributed by atoms with Gasteiger partial charge >= 0.3 is 0 Å². The Morgan fingerprint density at radius 3 is 2.89 bits per heavy atom. The highest BCUT2D eigenvalue weighted by atomic mass is 79.9. The van der Waals surface area contributed by atoms with Crippen molar-refractivity contribution < 1.29 is 9.90 Å². The number of carbonyl (C=O) groups is 1. The SMILES string of the molecule is CC1CNC(CCO)C(=O)N1c1ccccc1Br. The maximum absolute atomic E-state index is 12.4. The van der Waals surface area contributed by atoms with Crippen molar-refractivity contribution in [3.05, 3.63) is 28.7 Å². The molecular formula is C13H17BrN2O2. The van der Waals surface area contributed by atoms with Crippen molar-refractivity contribution in [3.63, 3.8) is 0 Å². The lowest BCUT2D eigenvalue weighted by atomic mass is 10.1. The molecule has 5 heteroatoms. The standard InChI is InChI=1S/C13H17BrN2O2/c1-9-8-15-11(6-7-17)13(18)16(9)12-5-3-2-4-10(12)14/h2-5,9,11,15,17H,6-8H2,1H3. The number of aliphatic hydroxyl groups is 1. The van der Waals surface area contributed by atoms with Crippen LogP contribution in [-0.4, -0.2) is 36.2 Å². The first-order chi connectivity index (χ1) is 8.65. The van der Waals surface area contributed by atoms with Crippen LogP contribution in [0.3, 0.4) is 0 Å². The molecule has 2 atom stereocenters. The van der Waals surface area contributed by atoms with Gasteiger partial charge in [-0.25, -0.2) is 0 Å².